The lowest BCUT2D eigenvalue weighted by molar-refractivity contribution is -0.275. The molecule has 3 aromatic rings. The highest BCUT2D eigenvalue weighted by Crippen LogP contribution is 2.45. The maximum absolute atomic E-state index is 15.7. The molecule has 1 fully saturated rings. The molecule has 230 valence electrons. The van der Waals surface area contributed by atoms with Crippen molar-refractivity contribution in [2.75, 3.05) is 30.1 Å². The first-order chi connectivity index (χ1) is 19.9. The number of hydrogen-bond acceptors (Lipinski definition) is 4. The Bertz CT molecular complexity index is 1620. The first-order valence-corrected chi connectivity index (χ1v) is 15.0. The molecule has 0 aromatic heterocycles. The number of carbonyl (C=O) groups excluding carboxylic acids is 2. The first-order valence-electron chi connectivity index (χ1n) is 12.4. The molecule has 3 amide bonds. The lowest BCUT2D eigenvalue weighted by Crippen LogP contribution is -2.43. The molecule has 2 N–H and O–H groups in total. The minimum atomic E-state index is -5.34. The van der Waals surface area contributed by atoms with Gasteiger partial charge in [-0.05, 0) is 55.6 Å². The van der Waals surface area contributed by atoms with Crippen molar-refractivity contribution in [2.45, 2.75) is 25.0 Å². The zero-order valence-electron chi connectivity index (χ0n) is 22.2. The van der Waals surface area contributed by atoms with Gasteiger partial charge in [-0.15, -0.1) is 13.2 Å². The second kappa shape index (κ2) is 11.5. The van der Waals surface area contributed by atoms with Crippen LogP contribution in [-0.2, 0) is 15.5 Å². The molecule has 0 aliphatic carbocycles. The Balaban J connectivity index is 1.60. The Morgan fingerprint density at radius 2 is 1.65 bits per heavy atom. The van der Waals surface area contributed by atoms with Gasteiger partial charge in [0.05, 0.1) is 16.9 Å². The minimum Gasteiger partial charge on any atom is -0.402 e. The molecular weight excluding hydrogens is 613 g/mol. The Labute approximate surface area is 239 Å². The fourth-order valence-corrected chi connectivity index (χ4v) is 5.74. The van der Waals surface area contributed by atoms with Crippen LogP contribution in [0.5, 0.6) is 5.75 Å². The number of anilines is 2. The van der Waals surface area contributed by atoms with Gasteiger partial charge in [0.2, 0.25) is 5.91 Å². The largest absolute Gasteiger partial charge is 0.573 e. The van der Waals surface area contributed by atoms with Crippen molar-refractivity contribution in [3.63, 3.8) is 0 Å². The van der Waals surface area contributed by atoms with Gasteiger partial charge in [0, 0.05) is 17.4 Å². The molecule has 4 rings (SSSR count). The number of urea groups is 1. The summed E-state index contributed by atoms with van der Waals surface area (Å²) in [5.41, 5.74) is -2.84. The van der Waals surface area contributed by atoms with E-state index in [9.17, 15) is 44.9 Å². The molecule has 0 saturated carbocycles. The van der Waals surface area contributed by atoms with E-state index in [1.165, 1.54) is 37.6 Å². The monoisotopic (exact) mass is 635 g/mol. The van der Waals surface area contributed by atoms with Gasteiger partial charge in [-0.3, -0.25) is 4.79 Å². The molecular formula is C27H22F8N3O4P. The van der Waals surface area contributed by atoms with E-state index >= 15 is 4.39 Å². The average molecular weight is 635 g/mol. The van der Waals surface area contributed by atoms with Crippen LogP contribution in [0.3, 0.4) is 0 Å². The molecule has 0 radical (unpaired) electrons. The zero-order chi connectivity index (χ0) is 31.9. The van der Waals surface area contributed by atoms with Crippen molar-refractivity contribution in [3.8, 4) is 16.9 Å². The Morgan fingerprint density at radius 1 is 0.977 bits per heavy atom. The molecule has 1 aliphatic heterocycles. The van der Waals surface area contributed by atoms with Crippen LogP contribution >= 0.6 is 7.14 Å². The molecule has 3 aromatic carbocycles. The van der Waals surface area contributed by atoms with Gasteiger partial charge in [-0.1, -0.05) is 24.3 Å². The Morgan fingerprint density at radius 3 is 2.26 bits per heavy atom. The minimum absolute atomic E-state index is 0.0278. The number of nitrogens with one attached hydrogen (secondary N) is 2. The summed E-state index contributed by atoms with van der Waals surface area (Å²) < 4.78 is 125. The van der Waals surface area contributed by atoms with E-state index in [-0.39, 0.29) is 35.5 Å². The van der Waals surface area contributed by atoms with Gasteiger partial charge < -0.3 is 24.8 Å². The van der Waals surface area contributed by atoms with Crippen LogP contribution in [0.2, 0.25) is 0 Å². The lowest BCUT2D eigenvalue weighted by atomic mass is 10.0. The van der Waals surface area contributed by atoms with Crippen molar-refractivity contribution in [2.24, 2.45) is 0 Å². The number of amides is 3. The zero-order valence-corrected chi connectivity index (χ0v) is 23.1. The third kappa shape index (κ3) is 7.10. The summed E-state index contributed by atoms with van der Waals surface area (Å²) in [7, 11) is -3.05. The molecule has 43 heavy (non-hydrogen) atoms. The van der Waals surface area contributed by atoms with Gasteiger partial charge in [0.25, 0.3) is 0 Å². The van der Waals surface area contributed by atoms with E-state index in [4.69, 9.17) is 0 Å². The first kappa shape index (κ1) is 31.8. The van der Waals surface area contributed by atoms with E-state index in [0.29, 0.717) is 12.1 Å². The normalized spacial score (nSPS) is 15.9. The SMILES string of the molecule is CP(C)(=O)c1ccccc1-c1ccc(N2CC[C@@H](NC(=O)Nc3ccc(C(F)(F)F)cc3F)C2=O)c(F)c1OC(F)(F)F. The fraction of sp³-hybridized carbons (Fsp3) is 0.259. The van der Waals surface area contributed by atoms with Gasteiger partial charge in [-0.25, -0.2) is 13.6 Å². The van der Waals surface area contributed by atoms with E-state index in [1.54, 1.807) is 0 Å². The lowest BCUT2D eigenvalue weighted by Gasteiger charge is -2.23. The number of rotatable bonds is 6. The molecule has 0 unspecified atom stereocenters. The van der Waals surface area contributed by atoms with Crippen molar-refractivity contribution in [3.05, 3.63) is 71.8 Å². The van der Waals surface area contributed by atoms with Gasteiger partial charge in [0.15, 0.2) is 11.6 Å². The highest BCUT2D eigenvalue weighted by atomic mass is 31.2. The highest BCUT2D eigenvalue weighted by Gasteiger charge is 2.39. The average Bonchev–Trinajstić information content (AvgIpc) is 3.24. The number of nitrogens with zero attached hydrogens (tertiary/aromatic N) is 1. The molecule has 0 spiro atoms. The van der Waals surface area contributed by atoms with Crippen LogP contribution in [0, 0.1) is 11.6 Å². The van der Waals surface area contributed by atoms with Crippen molar-refractivity contribution >= 4 is 35.8 Å². The molecule has 1 aliphatic rings. The fourth-order valence-electron chi connectivity index (χ4n) is 4.52. The summed E-state index contributed by atoms with van der Waals surface area (Å²) in [6.07, 6.45) is -10.3. The molecule has 1 saturated heterocycles. The maximum atomic E-state index is 15.7. The van der Waals surface area contributed by atoms with Gasteiger partial charge in [0.1, 0.15) is 19.0 Å². The van der Waals surface area contributed by atoms with Crippen LogP contribution in [0.25, 0.3) is 11.1 Å². The molecule has 7 nitrogen and oxygen atoms in total. The van der Waals surface area contributed by atoms with Crippen molar-refractivity contribution in [1.29, 1.82) is 0 Å². The van der Waals surface area contributed by atoms with Crippen LogP contribution in [0.1, 0.15) is 12.0 Å². The van der Waals surface area contributed by atoms with E-state index < -0.39 is 72.0 Å². The smallest absolute Gasteiger partial charge is 0.402 e. The van der Waals surface area contributed by atoms with Crippen molar-refractivity contribution < 1.29 is 54.0 Å². The van der Waals surface area contributed by atoms with E-state index in [2.05, 4.69) is 10.1 Å². The number of halogens is 8. The quantitative estimate of drug-likeness (QED) is 0.233. The second-order valence-electron chi connectivity index (χ2n) is 9.81. The second-order valence-corrected chi connectivity index (χ2v) is 13.0. The summed E-state index contributed by atoms with van der Waals surface area (Å²) in [5, 5.41) is 4.34. The summed E-state index contributed by atoms with van der Waals surface area (Å²) in [6.45, 7) is 2.52. The summed E-state index contributed by atoms with van der Waals surface area (Å²) in [6, 6.07) is 6.76. The number of carbonyl (C=O) groups is 2. The number of alkyl halides is 6. The number of benzene rings is 3. The third-order valence-corrected chi connectivity index (χ3v) is 7.97. The van der Waals surface area contributed by atoms with Crippen LogP contribution in [0.15, 0.2) is 54.6 Å². The third-order valence-electron chi connectivity index (χ3n) is 6.42. The molecule has 16 heteroatoms. The Hall–Kier alpha value is -4.13. The Kier molecular flexibility index (Phi) is 8.51. The van der Waals surface area contributed by atoms with Crippen LogP contribution in [-0.4, -0.2) is 44.2 Å². The molecule has 0 bridgehead atoms. The topological polar surface area (TPSA) is 87.7 Å². The number of ether oxygens (including phenoxy) is 1. The van der Waals surface area contributed by atoms with Crippen molar-refractivity contribution in [1.82, 2.24) is 5.32 Å². The van der Waals surface area contributed by atoms with Crippen LogP contribution in [0.4, 0.5) is 51.3 Å². The van der Waals surface area contributed by atoms with Gasteiger partial charge >= 0.3 is 18.6 Å². The maximum Gasteiger partial charge on any atom is 0.573 e. The van der Waals surface area contributed by atoms with Gasteiger partial charge in [-0.2, -0.15) is 13.2 Å². The molecule has 1 heterocycles. The predicted octanol–water partition coefficient (Wildman–Crippen LogP) is 6.72. The molecule has 1 atom stereocenters. The summed E-state index contributed by atoms with van der Waals surface area (Å²) in [4.78, 5) is 26.2. The predicted molar refractivity (Wildman–Crippen MR) is 142 cm³/mol. The number of hydrogen-bond donors (Lipinski definition) is 2. The standard InChI is InChI=1S/C27H22F8N3O4P/c1-43(2,41)21-6-4-3-5-15(21)16-8-10-20(22(29)23(16)42-27(33,34)35)38-12-11-19(24(38)39)37-25(40)36-18-9-7-14(13-17(18)28)26(30,31)32/h3-10,13,19H,11-12H2,1-2H3,(H2,36,37,40)/t19-/m1/s1. The summed E-state index contributed by atoms with van der Waals surface area (Å²) in [5.74, 6) is -5.13. The summed E-state index contributed by atoms with van der Waals surface area (Å²) >= 11 is 0. The van der Waals surface area contributed by atoms with Crippen LogP contribution < -0.4 is 25.6 Å². The van der Waals surface area contributed by atoms with E-state index in [0.717, 1.165) is 17.0 Å². The van der Waals surface area contributed by atoms with E-state index in [1.807, 2.05) is 5.32 Å². The highest BCUT2D eigenvalue weighted by molar-refractivity contribution is 7.70.